The smallest absolute Gasteiger partial charge is 0.153 e. The zero-order valence-electron chi connectivity index (χ0n) is 11.3. The van der Waals surface area contributed by atoms with E-state index in [0.717, 1.165) is 34.8 Å². The molecule has 0 saturated heterocycles. The molecule has 0 radical (unpaired) electrons. The molecule has 5 heteroatoms. The number of fused-ring (bicyclic) bond motifs is 1. The maximum Gasteiger partial charge on any atom is 0.153 e. The van der Waals surface area contributed by atoms with Gasteiger partial charge in [0.25, 0.3) is 0 Å². The molecule has 3 aromatic rings. The monoisotopic (exact) mass is 268 g/mol. The Morgan fingerprint density at radius 2 is 2.05 bits per heavy atom. The lowest BCUT2D eigenvalue weighted by Gasteiger charge is -2.08. The number of ether oxygens (including phenoxy) is 1. The van der Waals surface area contributed by atoms with Gasteiger partial charge < -0.3 is 10.5 Å². The fourth-order valence-corrected chi connectivity index (χ4v) is 2.24. The Hall–Kier alpha value is -2.40. The number of nitrogens with two attached hydrogens (primary N) is 1. The molecule has 102 valence electrons. The molecule has 0 fully saturated rings. The Morgan fingerprint density at radius 1 is 1.20 bits per heavy atom. The second kappa shape index (κ2) is 5.30. The summed E-state index contributed by atoms with van der Waals surface area (Å²) in [5, 5.41) is 4.65. The van der Waals surface area contributed by atoms with Crippen molar-refractivity contribution in [1.29, 1.82) is 0 Å². The van der Waals surface area contributed by atoms with Crippen LogP contribution in [0.3, 0.4) is 0 Å². The zero-order chi connectivity index (χ0) is 13.9. The Morgan fingerprint density at radius 3 is 2.85 bits per heavy atom. The molecule has 2 aromatic heterocycles. The standard InChI is InChI=1S/C15H16N4O/c1-20-14-5-3-2-4-12(14)13-6-7-15-17-10-11(8-9-16)19(15)18-13/h2-7,10H,8-9,16H2,1H3. The van der Waals surface area contributed by atoms with Gasteiger partial charge in [0, 0.05) is 12.0 Å². The topological polar surface area (TPSA) is 65.4 Å². The number of hydrogen-bond acceptors (Lipinski definition) is 4. The summed E-state index contributed by atoms with van der Waals surface area (Å²) in [6.45, 7) is 0.578. The van der Waals surface area contributed by atoms with Gasteiger partial charge in [-0.2, -0.15) is 5.10 Å². The number of imidazole rings is 1. The molecule has 0 aliphatic rings. The molecule has 1 aromatic carbocycles. The van der Waals surface area contributed by atoms with Crippen LogP contribution in [0.5, 0.6) is 5.75 Å². The van der Waals surface area contributed by atoms with Gasteiger partial charge in [0.1, 0.15) is 5.75 Å². The molecule has 3 rings (SSSR count). The predicted octanol–water partition coefficient (Wildman–Crippen LogP) is 1.91. The van der Waals surface area contributed by atoms with Crippen molar-refractivity contribution in [2.45, 2.75) is 6.42 Å². The van der Waals surface area contributed by atoms with E-state index >= 15 is 0 Å². The van der Waals surface area contributed by atoms with Crippen molar-refractivity contribution in [3.8, 4) is 17.0 Å². The van der Waals surface area contributed by atoms with Gasteiger partial charge in [0.15, 0.2) is 5.65 Å². The summed E-state index contributed by atoms with van der Waals surface area (Å²) in [7, 11) is 1.66. The van der Waals surface area contributed by atoms with Gasteiger partial charge >= 0.3 is 0 Å². The minimum Gasteiger partial charge on any atom is -0.496 e. The van der Waals surface area contributed by atoms with Crippen molar-refractivity contribution in [2.24, 2.45) is 5.73 Å². The maximum absolute atomic E-state index is 5.62. The summed E-state index contributed by atoms with van der Waals surface area (Å²) in [5.41, 5.74) is 9.27. The van der Waals surface area contributed by atoms with Crippen LogP contribution in [0.1, 0.15) is 5.69 Å². The van der Waals surface area contributed by atoms with Crippen molar-refractivity contribution in [3.63, 3.8) is 0 Å². The number of nitrogens with zero attached hydrogens (tertiary/aromatic N) is 3. The van der Waals surface area contributed by atoms with Crippen LogP contribution in [-0.4, -0.2) is 28.3 Å². The maximum atomic E-state index is 5.62. The first-order valence-corrected chi connectivity index (χ1v) is 6.50. The Bertz CT molecular complexity index is 736. The quantitative estimate of drug-likeness (QED) is 0.785. The van der Waals surface area contributed by atoms with Gasteiger partial charge in [-0.3, -0.25) is 0 Å². The number of methoxy groups -OCH3 is 1. The van der Waals surface area contributed by atoms with E-state index in [1.54, 1.807) is 7.11 Å². The minimum atomic E-state index is 0.578. The molecule has 0 saturated carbocycles. The van der Waals surface area contributed by atoms with Crippen LogP contribution >= 0.6 is 0 Å². The van der Waals surface area contributed by atoms with Crippen LogP contribution in [0.15, 0.2) is 42.6 Å². The number of aromatic nitrogens is 3. The van der Waals surface area contributed by atoms with E-state index in [4.69, 9.17) is 10.5 Å². The summed E-state index contributed by atoms with van der Waals surface area (Å²) in [6.07, 6.45) is 2.57. The SMILES string of the molecule is COc1ccccc1-c1ccc2ncc(CCN)n2n1. The number of para-hydroxylation sites is 1. The molecule has 0 spiro atoms. The highest BCUT2D eigenvalue weighted by Crippen LogP contribution is 2.28. The van der Waals surface area contributed by atoms with E-state index in [-0.39, 0.29) is 0 Å². The Labute approximate surface area is 117 Å². The van der Waals surface area contributed by atoms with Gasteiger partial charge in [0.2, 0.25) is 0 Å². The number of benzene rings is 1. The van der Waals surface area contributed by atoms with Crippen molar-refractivity contribution in [1.82, 2.24) is 14.6 Å². The lowest BCUT2D eigenvalue weighted by atomic mass is 10.1. The molecule has 0 bridgehead atoms. The predicted molar refractivity (Wildman–Crippen MR) is 77.7 cm³/mol. The first-order chi connectivity index (χ1) is 9.83. The van der Waals surface area contributed by atoms with Crippen molar-refractivity contribution >= 4 is 5.65 Å². The van der Waals surface area contributed by atoms with E-state index in [0.29, 0.717) is 6.54 Å². The average molecular weight is 268 g/mol. The van der Waals surface area contributed by atoms with Crippen LogP contribution in [0, 0.1) is 0 Å². The molecule has 0 amide bonds. The van der Waals surface area contributed by atoms with Crippen molar-refractivity contribution < 1.29 is 4.74 Å². The molecule has 0 aliphatic heterocycles. The normalized spacial score (nSPS) is 10.9. The molecule has 0 unspecified atom stereocenters. The third-order valence-corrected chi connectivity index (χ3v) is 3.22. The van der Waals surface area contributed by atoms with Gasteiger partial charge in [-0.1, -0.05) is 12.1 Å². The minimum absolute atomic E-state index is 0.578. The van der Waals surface area contributed by atoms with Gasteiger partial charge in [-0.15, -0.1) is 0 Å². The summed E-state index contributed by atoms with van der Waals surface area (Å²) >= 11 is 0. The zero-order valence-corrected chi connectivity index (χ0v) is 11.3. The summed E-state index contributed by atoms with van der Waals surface area (Å²) in [5.74, 6) is 0.805. The highest BCUT2D eigenvalue weighted by Gasteiger charge is 2.09. The number of rotatable bonds is 4. The fourth-order valence-electron chi connectivity index (χ4n) is 2.24. The first-order valence-electron chi connectivity index (χ1n) is 6.50. The van der Waals surface area contributed by atoms with Crippen molar-refractivity contribution in [3.05, 3.63) is 48.3 Å². The van der Waals surface area contributed by atoms with Crippen molar-refractivity contribution in [2.75, 3.05) is 13.7 Å². The van der Waals surface area contributed by atoms with Crippen LogP contribution in [0.2, 0.25) is 0 Å². The first kappa shape index (κ1) is 12.6. The summed E-state index contributed by atoms with van der Waals surface area (Å²) in [4.78, 5) is 4.33. The second-order valence-corrected chi connectivity index (χ2v) is 4.48. The van der Waals surface area contributed by atoms with E-state index in [9.17, 15) is 0 Å². The van der Waals surface area contributed by atoms with E-state index < -0.39 is 0 Å². The molecule has 0 atom stereocenters. The third kappa shape index (κ3) is 2.12. The molecular formula is C15H16N4O. The van der Waals surface area contributed by atoms with Crippen LogP contribution < -0.4 is 10.5 Å². The molecule has 2 heterocycles. The van der Waals surface area contributed by atoms with Gasteiger partial charge in [-0.05, 0) is 30.8 Å². The fraction of sp³-hybridized carbons (Fsp3) is 0.200. The Kier molecular flexibility index (Phi) is 3.35. The van der Waals surface area contributed by atoms with Crippen LogP contribution in [0.25, 0.3) is 16.9 Å². The molecule has 2 N–H and O–H groups in total. The van der Waals surface area contributed by atoms with Gasteiger partial charge in [-0.25, -0.2) is 9.50 Å². The molecule has 0 aliphatic carbocycles. The largest absolute Gasteiger partial charge is 0.496 e. The molecular weight excluding hydrogens is 252 g/mol. The second-order valence-electron chi connectivity index (χ2n) is 4.48. The third-order valence-electron chi connectivity index (χ3n) is 3.22. The van der Waals surface area contributed by atoms with Crippen LogP contribution in [0.4, 0.5) is 0 Å². The van der Waals surface area contributed by atoms with E-state index in [1.807, 2.05) is 47.1 Å². The highest BCUT2D eigenvalue weighted by atomic mass is 16.5. The average Bonchev–Trinajstić information content (AvgIpc) is 2.90. The summed E-state index contributed by atoms with van der Waals surface area (Å²) < 4.78 is 7.23. The van der Waals surface area contributed by atoms with Crippen LogP contribution in [-0.2, 0) is 6.42 Å². The lowest BCUT2D eigenvalue weighted by Crippen LogP contribution is -2.07. The molecule has 5 nitrogen and oxygen atoms in total. The van der Waals surface area contributed by atoms with E-state index in [1.165, 1.54) is 0 Å². The number of hydrogen-bond donors (Lipinski definition) is 1. The highest BCUT2D eigenvalue weighted by molar-refractivity contribution is 5.67. The Balaban J connectivity index is 2.14. The van der Waals surface area contributed by atoms with E-state index in [2.05, 4.69) is 10.1 Å². The van der Waals surface area contributed by atoms with Gasteiger partial charge in [0.05, 0.1) is 24.7 Å². The lowest BCUT2D eigenvalue weighted by molar-refractivity contribution is 0.416. The summed E-state index contributed by atoms with van der Waals surface area (Å²) in [6, 6.07) is 11.7. The molecule has 20 heavy (non-hydrogen) atoms.